The molecule has 0 aliphatic carbocycles. The number of rotatable bonds is 4. The molecule has 1 N–H and O–H groups in total. The average molecular weight is 243 g/mol. The lowest BCUT2D eigenvalue weighted by Gasteiger charge is -2.19. The van der Waals surface area contributed by atoms with Gasteiger partial charge in [0.2, 0.25) is 0 Å². The molecule has 0 aromatic heterocycles. The standard InChI is InChI=1S/C16H18FN/c1-3-18-16(13-7-5-4-6-8-13)14-9-10-15(17)12(2)11-14/h4-11,16,18H,3H2,1-2H3. The van der Waals surface area contributed by atoms with Crippen LogP contribution in [0, 0.1) is 12.7 Å². The summed E-state index contributed by atoms with van der Waals surface area (Å²) in [6.07, 6.45) is 0. The van der Waals surface area contributed by atoms with E-state index in [9.17, 15) is 4.39 Å². The zero-order chi connectivity index (χ0) is 13.0. The Morgan fingerprint density at radius 2 is 1.78 bits per heavy atom. The third kappa shape index (κ3) is 2.77. The molecule has 0 aliphatic rings. The van der Waals surface area contributed by atoms with Crippen LogP contribution in [0.1, 0.15) is 29.7 Å². The monoisotopic (exact) mass is 243 g/mol. The molecule has 0 bridgehead atoms. The van der Waals surface area contributed by atoms with Gasteiger partial charge >= 0.3 is 0 Å². The van der Waals surface area contributed by atoms with Gasteiger partial charge in [0.25, 0.3) is 0 Å². The van der Waals surface area contributed by atoms with Crippen molar-refractivity contribution in [1.82, 2.24) is 5.32 Å². The number of hydrogen-bond donors (Lipinski definition) is 1. The zero-order valence-electron chi connectivity index (χ0n) is 10.8. The molecule has 2 heteroatoms. The van der Waals surface area contributed by atoms with Crippen LogP contribution in [-0.2, 0) is 0 Å². The van der Waals surface area contributed by atoms with Crippen LogP contribution in [0.4, 0.5) is 4.39 Å². The molecule has 0 radical (unpaired) electrons. The summed E-state index contributed by atoms with van der Waals surface area (Å²) < 4.78 is 13.3. The molecule has 18 heavy (non-hydrogen) atoms. The minimum atomic E-state index is -0.151. The summed E-state index contributed by atoms with van der Waals surface area (Å²) in [6, 6.07) is 15.7. The second kappa shape index (κ2) is 5.78. The van der Waals surface area contributed by atoms with Gasteiger partial charge in [-0.1, -0.05) is 49.4 Å². The third-order valence-electron chi connectivity index (χ3n) is 3.06. The molecule has 2 aromatic rings. The van der Waals surface area contributed by atoms with Crippen molar-refractivity contribution in [2.24, 2.45) is 0 Å². The molecule has 0 saturated heterocycles. The summed E-state index contributed by atoms with van der Waals surface area (Å²) in [5.41, 5.74) is 2.98. The highest BCUT2D eigenvalue weighted by molar-refractivity contribution is 5.34. The number of halogens is 1. The van der Waals surface area contributed by atoms with Gasteiger partial charge in [-0.15, -0.1) is 0 Å². The van der Waals surface area contributed by atoms with Gasteiger partial charge in [0.15, 0.2) is 0 Å². The van der Waals surface area contributed by atoms with Crippen molar-refractivity contribution in [3.8, 4) is 0 Å². The van der Waals surface area contributed by atoms with Gasteiger partial charge in [-0.05, 0) is 36.2 Å². The van der Waals surface area contributed by atoms with E-state index in [4.69, 9.17) is 0 Å². The first-order valence-corrected chi connectivity index (χ1v) is 6.26. The summed E-state index contributed by atoms with van der Waals surface area (Å²) in [4.78, 5) is 0. The minimum Gasteiger partial charge on any atom is -0.307 e. The molecule has 2 rings (SSSR count). The van der Waals surface area contributed by atoms with Crippen LogP contribution in [0.3, 0.4) is 0 Å². The Morgan fingerprint density at radius 1 is 1.06 bits per heavy atom. The fraction of sp³-hybridized carbons (Fsp3) is 0.250. The maximum absolute atomic E-state index is 13.3. The normalized spacial score (nSPS) is 12.4. The van der Waals surface area contributed by atoms with Crippen LogP contribution in [0.15, 0.2) is 48.5 Å². The molecule has 2 aromatic carbocycles. The summed E-state index contributed by atoms with van der Waals surface area (Å²) in [5, 5.41) is 3.44. The Balaban J connectivity index is 2.38. The van der Waals surface area contributed by atoms with Gasteiger partial charge in [0.05, 0.1) is 6.04 Å². The van der Waals surface area contributed by atoms with E-state index >= 15 is 0 Å². The third-order valence-corrected chi connectivity index (χ3v) is 3.06. The Hall–Kier alpha value is -1.67. The Bertz CT molecular complexity index is 508. The molecule has 0 saturated carbocycles. The zero-order valence-corrected chi connectivity index (χ0v) is 10.8. The Morgan fingerprint density at radius 3 is 2.39 bits per heavy atom. The van der Waals surface area contributed by atoms with E-state index in [1.165, 1.54) is 11.6 Å². The lowest BCUT2D eigenvalue weighted by molar-refractivity contribution is 0.606. The molecule has 1 nitrogen and oxygen atoms in total. The van der Waals surface area contributed by atoms with Gasteiger partial charge in [0, 0.05) is 0 Å². The molecule has 0 amide bonds. The van der Waals surface area contributed by atoms with E-state index < -0.39 is 0 Å². The van der Waals surface area contributed by atoms with Crippen LogP contribution in [0.2, 0.25) is 0 Å². The number of benzene rings is 2. The number of nitrogens with one attached hydrogen (secondary N) is 1. The smallest absolute Gasteiger partial charge is 0.126 e. The summed E-state index contributed by atoms with van der Waals surface area (Å²) >= 11 is 0. The summed E-state index contributed by atoms with van der Waals surface area (Å²) in [5.74, 6) is -0.151. The van der Waals surface area contributed by atoms with E-state index in [-0.39, 0.29) is 11.9 Å². The average Bonchev–Trinajstić information content (AvgIpc) is 2.40. The molecule has 1 atom stereocenters. The first-order valence-electron chi connectivity index (χ1n) is 6.26. The van der Waals surface area contributed by atoms with E-state index in [0.29, 0.717) is 5.56 Å². The lowest BCUT2D eigenvalue weighted by Crippen LogP contribution is -2.22. The van der Waals surface area contributed by atoms with Gasteiger partial charge in [-0.25, -0.2) is 4.39 Å². The van der Waals surface area contributed by atoms with Gasteiger partial charge in [-0.3, -0.25) is 0 Å². The first-order chi connectivity index (χ1) is 8.72. The molecular formula is C16H18FN. The van der Waals surface area contributed by atoms with Crippen molar-refractivity contribution in [3.63, 3.8) is 0 Å². The maximum atomic E-state index is 13.3. The van der Waals surface area contributed by atoms with Crippen molar-refractivity contribution >= 4 is 0 Å². The summed E-state index contributed by atoms with van der Waals surface area (Å²) in [7, 11) is 0. The highest BCUT2D eigenvalue weighted by Gasteiger charge is 2.13. The van der Waals surface area contributed by atoms with Crippen molar-refractivity contribution < 1.29 is 4.39 Å². The van der Waals surface area contributed by atoms with Gasteiger partial charge in [0.1, 0.15) is 5.82 Å². The summed E-state index contributed by atoms with van der Waals surface area (Å²) in [6.45, 7) is 4.75. The first kappa shape index (κ1) is 12.8. The molecule has 0 fully saturated rings. The lowest BCUT2D eigenvalue weighted by atomic mass is 9.97. The van der Waals surface area contributed by atoms with E-state index in [1.807, 2.05) is 30.3 Å². The van der Waals surface area contributed by atoms with Crippen molar-refractivity contribution in [3.05, 3.63) is 71.0 Å². The van der Waals surface area contributed by atoms with Gasteiger partial charge < -0.3 is 5.32 Å². The Labute approximate surface area is 108 Å². The second-order valence-corrected chi connectivity index (χ2v) is 4.41. The number of hydrogen-bond acceptors (Lipinski definition) is 1. The quantitative estimate of drug-likeness (QED) is 0.860. The van der Waals surface area contributed by atoms with E-state index in [0.717, 1.165) is 12.1 Å². The minimum absolute atomic E-state index is 0.121. The second-order valence-electron chi connectivity index (χ2n) is 4.41. The van der Waals surface area contributed by atoms with Crippen LogP contribution in [-0.4, -0.2) is 6.54 Å². The van der Waals surface area contributed by atoms with Crippen LogP contribution in [0.25, 0.3) is 0 Å². The largest absolute Gasteiger partial charge is 0.307 e. The van der Waals surface area contributed by atoms with Crippen molar-refractivity contribution in [1.29, 1.82) is 0 Å². The predicted octanol–water partition coefficient (Wildman–Crippen LogP) is 3.83. The van der Waals surface area contributed by atoms with Crippen LogP contribution >= 0.6 is 0 Å². The topological polar surface area (TPSA) is 12.0 Å². The SMILES string of the molecule is CCNC(c1ccccc1)c1ccc(F)c(C)c1. The molecular weight excluding hydrogens is 225 g/mol. The highest BCUT2D eigenvalue weighted by atomic mass is 19.1. The fourth-order valence-corrected chi connectivity index (χ4v) is 2.13. The molecule has 1 unspecified atom stereocenters. The van der Waals surface area contributed by atoms with Crippen molar-refractivity contribution in [2.75, 3.05) is 6.54 Å². The maximum Gasteiger partial charge on any atom is 0.126 e. The van der Waals surface area contributed by atoms with Crippen LogP contribution < -0.4 is 5.32 Å². The predicted molar refractivity (Wildman–Crippen MR) is 73.1 cm³/mol. The van der Waals surface area contributed by atoms with Gasteiger partial charge in [-0.2, -0.15) is 0 Å². The highest BCUT2D eigenvalue weighted by Crippen LogP contribution is 2.23. The molecule has 0 heterocycles. The number of aryl methyl sites for hydroxylation is 1. The molecule has 0 aliphatic heterocycles. The Kier molecular flexibility index (Phi) is 4.11. The van der Waals surface area contributed by atoms with Crippen molar-refractivity contribution in [2.45, 2.75) is 19.9 Å². The fourth-order valence-electron chi connectivity index (χ4n) is 2.13. The molecule has 0 spiro atoms. The van der Waals surface area contributed by atoms with Crippen LogP contribution in [0.5, 0.6) is 0 Å². The van der Waals surface area contributed by atoms with E-state index in [1.54, 1.807) is 6.92 Å². The van der Waals surface area contributed by atoms with E-state index in [2.05, 4.69) is 24.4 Å². The molecule has 94 valence electrons.